The maximum atomic E-state index is 12.5. The molecule has 2 fully saturated rings. The summed E-state index contributed by atoms with van der Waals surface area (Å²) in [6.07, 6.45) is 7.11. The molecule has 2 aliphatic carbocycles. The zero-order chi connectivity index (χ0) is 21.7. The normalized spacial score (nSPS) is 18.5. The molecule has 0 bridgehead atoms. The number of H-pyrrole nitrogens is 1. The first-order valence-corrected chi connectivity index (χ1v) is 11.2. The maximum absolute atomic E-state index is 12.5. The zero-order valence-electron chi connectivity index (χ0n) is 17.7. The van der Waals surface area contributed by atoms with E-state index in [9.17, 15) is 9.59 Å². The van der Waals surface area contributed by atoms with Crippen LogP contribution in [0.2, 0.25) is 0 Å². The second kappa shape index (κ2) is 7.51. The third-order valence-electron chi connectivity index (χ3n) is 6.71. The summed E-state index contributed by atoms with van der Waals surface area (Å²) in [4.78, 5) is 26.9. The van der Waals surface area contributed by atoms with Crippen LogP contribution in [0.15, 0.2) is 64.2 Å². The van der Waals surface area contributed by atoms with Crippen LogP contribution in [0.25, 0.3) is 27.9 Å². The van der Waals surface area contributed by atoms with Gasteiger partial charge in [-0.1, -0.05) is 24.3 Å². The summed E-state index contributed by atoms with van der Waals surface area (Å²) < 4.78 is 6.90. The number of hydrogen-bond acceptors (Lipinski definition) is 4. The molecule has 1 atom stereocenters. The van der Waals surface area contributed by atoms with Crippen molar-refractivity contribution >= 4 is 5.91 Å². The van der Waals surface area contributed by atoms with Crippen molar-refractivity contribution < 1.29 is 9.21 Å². The lowest BCUT2D eigenvalue weighted by atomic mass is 10.0. The van der Waals surface area contributed by atoms with E-state index in [1.807, 2.05) is 41.3 Å². The van der Waals surface area contributed by atoms with Crippen LogP contribution in [-0.4, -0.2) is 38.7 Å². The molecular weight excluding hydrogens is 404 g/mol. The summed E-state index contributed by atoms with van der Waals surface area (Å²) >= 11 is 0. The van der Waals surface area contributed by atoms with Crippen molar-refractivity contribution in [2.24, 2.45) is 11.8 Å². The summed E-state index contributed by atoms with van der Waals surface area (Å²) in [5, 5.41) is 6.90. The van der Waals surface area contributed by atoms with Crippen LogP contribution in [0, 0.1) is 11.8 Å². The smallest absolute Gasteiger partial charge is 0.347 e. The first-order chi connectivity index (χ1) is 15.7. The molecule has 3 heterocycles. The minimum Gasteiger partial charge on any atom is -0.472 e. The van der Waals surface area contributed by atoms with Crippen molar-refractivity contribution in [3.63, 3.8) is 0 Å². The van der Waals surface area contributed by atoms with E-state index in [1.165, 1.54) is 0 Å². The van der Waals surface area contributed by atoms with Crippen molar-refractivity contribution in [1.82, 2.24) is 19.7 Å². The Balaban J connectivity index is 1.23. The molecule has 1 saturated carbocycles. The Morgan fingerprint density at radius 1 is 1.03 bits per heavy atom. The molecule has 7 heteroatoms. The van der Waals surface area contributed by atoms with E-state index < -0.39 is 0 Å². The van der Waals surface area contributed by atoms with E-state index in [0.717, 1.165) is 60.3 Å². The molecule has 0 radical (unpaired) electrons. The Morgan fingerprint density at radius 3 is 2.62 bits per heavy atom. The van der Waals surface area contributed by atoms with Gasteiger partial charge in [-0.05, 0) is 60.1 Å². The monoisotopic (exact) mass is 428 g/mol. The number of amides is 1. The highest BCUT2D eigenvalue weighted by Gasteiger charge is 2.36. The molecule has 1 aromatic carbocycles. The maximum Gasteiger partial charge on any atom is 0.347 e. The Labute approximate surface area is 185 Å². The van der Waals surface area contributed by atoms with Gasteiger partial charge >= 0.3 is 5.69 Å². The second-order valence-corrected chi connectivity index (χ2v) is 8.92. The van der Waals surface area contributed by atoms with Crippen molar-refractivity contribution in [2.75, 3.05) is 13.1 Å². The number of carbonyl (C=O) groups excluding carboxylic acids is 1. The fraction of sp³-hybridized carbons (Fsp3) is 0.320. The van der Waals surface area contributed by atoms with Crippen LogP contribution in [0.3, 0.4) is 0 Å². The molecule has 4 aliphatic rings. The molecule has 7 nitrogen and oxygen atoms in total. The molecule has 1 aromatic heterocycles. The standard InChI is InChI=1S/C25H24N4O3/c30-24(18-1-2-18)28-11-9-16(14-28)13-23-26-27-25(31)29(23)20-6-3-17(4-7-20)21-8-5-19-15-32-12-10-22(19)21/h3-8,10,12,15-16,18H,1-2,9,11,13-14H2,(H,27,31)/t16-/m0/s1. The Morgan fingerprint density at radius 2 is 1.81 bits per heavy atom. The molecule has 162 valence electrons. The molecule has 2 aromatic rings. The number of rotatable bonds is 5. The predicted octanol–water partition coefficient (Wildman–Crippen LogP) is 3.73. The third kappa shape index (κ3) is 3.34. The van der Waals surface area contributed by atoms with Crippen LogP contribution in [0.5, 0.6) is 0 Å². The Kier molecular flexibility index (Phi) is 4.48. The van der Waals surface area contributed by atoms with Gasteiger partial charge in [0.25, 0.3) is 0 Å². The van der Waals surface area contributed by atoms with E-state index in [-0.39, 0.29) is 11.6 Å². The molecule has 0 spiro atoms. The van der Waals surface area contributed by atoms with E-state index in [1.54, 1.807) is 17.1 Å². The minimum absolute atomic E-state index is 0.239. The molecule has 32 heavy (non-hydrogen) atoms. The number of benzene rings is 1. The first-order valence-electron chi connectivity index (χ1n) is 11.2. The van der Waals surface area contributed by atoms with Crippen LogP contribution in [0.4, 0.5) is 0 Å². The number of fused-ring (bicyclic) bond motifs is 1. The van der Waals surface area contributed by atoms with E-state index >= 15 is 0 Å². The van der Waals surface area contributed by atoms with E-state index in [2.05, 4.69) is 16.3 Å². The van der Waals surface area contributed by atoms with Gasteiger partial charge in [0.05, 0.1) is 18.2 Å². The second-order valence-electron chi connectivity index (χ2n) is 8.92. The molecule has 1 amide bonds. The van der Waals surface area contributed by atoms with Gasteiger partial charge in [-0.25, -0.2) is 14.5 Å². The summed E-state index contributed by atoms with van der Waals surface area (Å²) in [5.74, 6) is 1.60. The fourth-order valence-electron chi connectivity index (χ4n) is 4.84. The van der Waals surface area contributed by atoms with Crippen molar-refractivity contribution in [3.05, 3.63) is 71.3 Å². The summed E-state index contributed by atoms with van der Waals surface area (Å²) in [7, 11) is 0. The number of nitrogens with zero attached hydrogens (tertiary/aromatic N) is 3. The molecule has 1 saturated heterocycles. The van der Waals surface area contributed by atoms with Gasteiger partial charge in [-0.3, -0.25) is 4.79 Å². The SMILES string of the molecule is O=C(C1CC1)N1CC[C@@H](Cc2n[nH]c(=O)n2-c2ccc(-c3ccc4coccc3-4)cc2)C1. The van der Waals surface area contributed by atoms with Gasteiger partial charge in [-0.15, -0.1) is 0 Å². The summed E-state index contributed by atoms with van der Waals surface area (Å²) in [6.45, 7) is 1.57. The van der Waals surface area contributed by atoms with E-state index in [0.29, 0.717) is 24.1 Å². The lowest BCUT2D eigenvalue weighted by molar-refractivity contribution is -0.131. The first kappa shape index (κ1) is 19.1. The highest BCUT2D eigenvalue weighted by Crippen LogP contribution is 2.36. The van der Waals surface area contributed by atoms with E-state index in [4.69, 9.17) is 4.42 Å². The van der Waals surface area contributed by atoms with Gasteiger partial charge < -0.3 is 9.32 Å². The number of likely N-dealkylation sites (tertiary alicyclic amines) is 1. The van der Waals surface area contributed by atoms with Gasteiger partial charge in [0, 0.05) is 31.0 Å². The quantitative estimate of drug-likeness (QED) is 0.525. The molecule has 1 N–H and O–H groups in total. The number of carbonyl (C=O) groups is 1. The number of nitrogens with one attached hydrogen (secondary N) is 1. The summed E-state index contributed by atoms with van der Waals surface area (Å²) in [6, 6.07) is 14.1. The van der Waals surface area contributed by atoms with Gasteiger partial charge in [0.2, 0.25) is 5.91 Å². The van der Waals surface area contributed by atoms with Crippen molar-refractivity contribution in [2.45, 2.75) is 25.7 Å². The average molecular weight is 428 g/mol. The van der Waals surface area contributed by atoms with Crippen LogP contribution < -0.4 is 5.69 Å². The average Bonchev–Trinajstić information content (AvgIpc) is 3.24. The lowest BCUT2D eigenvalue weighted by Gasteiger charge is -2.16. The molecule has 2 aliphatic heterocycles. The molecule has 6 rings (SSSR count). The van der Waals surface area contributed by atoms with Gasteiger partial charge in [-0.2, -0.15) is 5.10 Å². The zero-order valence-corrected chi connectivity index (χ0v) is 17.7. The Bertz CT molecular complexity index is 1300. The lowest BCUT2D eigenvalue weighted by Crippen LogP contribution is -2.30. The molecule has 0 unspecified atom stereocenters. The Hall–Kier alpha value is -3.61. The highest BCUT2D eigenvalue weighted by atomic mass is 16.3. The fourth-order valence-corrected chi connectivity index (χ4v) is 4.84. The van der Waals surface area contributed by atoms with Crippen LogP contribution >= 0.6 is 0 Å². The van der Waals surface area contributed by atoms with Crippen LogP contribution in [-0.2, 0) is 11.2 Å². The predicted molar refractivity (Wildman–Crippen MR) is 120 cm³/mol. The number of hydrogen-bond donors (Lipinski definition) is 1. The van der Waals surface area contributed by atoms with Gasteiger partial charge in [0.1, 0.15) is 5.82 Å². The molecular formula is C25H24N4O3. The third-order valence-corrected chi connectivity index (χ3v) is 6.71. The topological polar surface area (TPSA) is 84.1 Å². The van der Waals surface area contributed by atoms with Crippen LogP contribution in [0.1, 0.15) is 25.1 Å². The largest absolute Gasteiger partial charge is 0.472 e. The highest BCUT2D eigenvalue weighted by molar-refractivity contribution is 5.86. The van der Waals surface area contributed by atoms with Gasteiger partial charge in [0.15, 0.2) is 0 Å². The summed E-state index contributed by atoms with van der Waals surface area (Å²) in [5.41, 5.74) is 4.96. The van der Waals surface area contributed by atoms with Crippen molar-refractivity contribution in [3.8, 4) is 27.9 Å². The van der Waals surface area contributed by atoms with Crippen molar-refractivity contribution in [1.29, 1.82) is 0 Å². The number of aromatic amines is 1. The number of aromatic nitrogens is 3. The minimum atomic E-state index is -0.239.